The molecule has 0 unspecified atom stereocenters. The number of ether oxygens (including phenoxy) is 3. The summed E-state index contributed by atoms with van der Waals surface area (Å²) in [4.78, 5) is 31.6. The Bertz CT molecular complexity index is 849. The van der Waals surface area contributed by atoms with Crippen molar-refractivity contribution in [2.24, 2.45) is 4.99 Å². The Balaban J connectivity index is 2.17. The zero-order valence-corrected chi connectivity index (χ0v) is 16.8. The van der Waals surface area contributed by atoms with Crippen LogP contribution >= 0.6 is 11.8 Å². The van der Waals surface area contributed by atoms with Crippen LogP contribution in [0.15, 0.2) is 34.5 Å². The van der Waals surface area contributed by atoms with E-state index in [1.165, 1.54) is 11.8 Å². The van der Waals surface area contributed by atoms with E-state index in [1.54, 1.807) is 45.1 Å². The van der Waals surface area contributed by atoms with Crippen molar-refractivity contribution >= 4 is 28.8 Å². The highest BCUT2D eigenvalue weighted by atomic mass is 32.2. The molecule has 2 aliphatic heterocycles. The van der Waals surface area contributed by atoms with Crippen molar-refractivity contribution in [2.75, 3.05) is 20.8 Å². The second kappa shape index (κ2) is 7.64. The van der Waals surface area contributed by atoms with E-state index >= 15 is 0 Å². The molecule has 0 saturated carbocycles. The van der Waals surface area contributed by atoms with Gasteiger partial charge in [-0.2, -0.15) is 0 Å². The minimum absolute atomic E-state index is 0.0900. The maximum atomic E-state index is 12.8. The molecule has 0 radical (unpaired) electrons. The van der Waals surface area contributed by atoms with Crippen LogP contribution in [-0.2, 0) is 14.3 Å². The van der Waals surface area contributed by atoms with E-state index in [0.717, 1.165) is 5.56 Å². The minimum atomic E-state index is -0.624. The van der Waals surface area contributed by atoms with Crippen molar-refractivity contribution in [3.8, 4) is 11.5 Å². The standard InChI is InChI=1S/C19H22N2O5S/c1-6-26-18(23)15-10(2)20-19-21(17(22)11(3)27-19)16(15)12-7-8-13(24-4)14(9-12)25-5/h7-9,11,16H,6H2,1-5H3/t11-,16-/m0/s1. The van der Waals surface area contributed by atoms with E-state index in [0.29, 0.717) is 27.9 Å². The fourth-order valence-corrected chi connectivity index (χ4v) is 4.24. The molecule has 1 saturated heterocycles. The first-order valence-electron chi connectivity index (χ1n) is 8.61. The predicted octanol–water partition coefficient (Wildman–Crippen LogP) is 2.92. The number of carbonyl (C=O) groups is 2. The third-order valence-corrected chi connectivity index (χ3v) is 5.53. The van der Waals surface area contributed by atoms with E-state index < -0.39 is 12.0 Å². The fraction of sp³-hybridized carbons (Fsp3) is 0.421. The molecule has 1 aromatic carbocycles. The van der Waals surface area contributed by atoms with Gasteiger partial charge in [0.25, 0.3) is 0 Å². The monoisotopic (exact) mass is 390 g/mol. The van der Waals surface area contributed by atoms with Crippen molar-refractivity contribution in [3.05, 3.63) is 35.0 Å². The fourth-order valence-electron chi connectivity index (χ4n) is 3.21. The number of rotatable bonds is 5. The number of amidine groups is 1. The van der Waals surface area contributed by atoms with Gasteiger partial charge in [-0.05, 0) is 38.5 Å². The van der Waals surface area contributed by atoms with Crippen LogP contribution in [-0.4, -0.2) is 48.0 Å². The second-order valence-corrected chi connectivity index (χ2v) is 7.41. The first kappa shape index (κ1) is 19.3. The highest BCUT2D eigenvalue weighted by Crippen LogP contribution is 2.44. The molecule has 27 heavy (non-hydrogen) atoms. The Morgan fingerprint density at radius 3 is 2.59 bits per heavy atom. The van der Waals surface area contributed by atoms with Crippen LogP contribution in [0.25, 0.3) is 0 Å². The number of thioether (sulfide) groups is 1. The molecule has 0 bridgehead atoms. The van der Waals surface area contributed by atoms with Gasteiger partial charge in [-0.3, -0.25) is 9.69 Å². The molecular weight excluding hydrogens is 368 g/mol. The topological polar surface area (TPSA) is 77.4 Å². The lowest BCUT2D eigenvalue weighted by atomic mass is 9.94. The molecule has 1 aromatic rings. The molecule has 2 aliphatic rings. The van der Waals surface area contributed by atoms with E-state index in [-0.39, 0.29) is 17.8 Å². The molecule has 1 amide bonds. The van der Waals surface area contributed by atoms with Gasteiger partial charge in [-0.15, -0.1) is 0 Å². The third-order valence-electron chi connectivity index (χ3n) is 4.48. The SMILES string of the molecule is CCOC(=O)C1=C(C)N=C2S[C@@H](C)C(=O)N2[C@H]1c1ccc(OC)c(OC)c1. The van der Waals surface area contributed by atoms with Gasteiger partial charge in [-0.1, -0.05) is 17.8 Å². The summed E-state index contributed by atoms with van der Waals surface area (Å²) >= 11 is 1.39. The zero-order chi connectivity index (χ0) is 19.7. The van der Waals surface area contributed by atoms with Crippen LogP contribution in [0.5, 0.6) is 11.5 Å². The first-order chi connectivity index (χ1) is 12.9. The molecule has 2 heterocycles. The predicted molar refractivity (Wildman–Crippen MR) is 103 cm³/mol. The van der Waals surface area contributed by atoms with Crippen molar-refractivity contribution in [1.82, 2.24) is 4.90 Å². The number of hydrogen-bond acceptors (Lipinski definition) is 7. The molecule has 8 heteroatoms. The van der Waals surface area contributed by atoms with Crippen LogP contribution in [0.1, 0.15) is 32.4 Å². The van der Waals surface area contributed by atoms with Gasteiger partial charge >= 0.3 is 5.97 Å². The molecular formula is C19H22N2O5S. The molecule has 0 N–H and O–H groups in total. The Morgan fingerprint density at radius 2 is 1.96 bits per heavy atom. The van der Waals surface area contributed by atoms with Gasteiger partial charge in [0.05, 0.1) is 43.4 Å². The largest absolute Gasteiger partial charge is 0.493 e. The summed E-state index contributed by atoms with van der Waals surface area (Å²) in [6, 6.07) is 4.73. The van der Waals surface area contributed by atoms with Crippen LogP contribution in [0.2, 0.25) is 0 Å². The molecule has 0 aliphatic carbocycles. The Kier molecular flexibility index (Phi) is 5.46. The van der Waals surface area contributed by atoms with Gasteiger partial charge in [-0.25, -0.2) is 9.79 Å². The summed E-state index contributed by atoms with van der Waals surface area (Å²) in [7, 11) is 3.10. The number of amides is 1. The van der Waals surface area contributed by atoms with Crippen LogP contribution in [0.4, 0.5) is 0 Å². The normalized spacial score (nSPS) is 21.7. The summed E-state index contributed by atoms with van der Waals surface area (Å²) in [6.07, 6.45) is 0. The van der Waals surface area contributed by atoms with Gasteiger partial charge in [0.15, 0.2) is 16.7 Å². The van der Waals surface area contributed by atoms with Crippen LogP contribution in [0, 0.1) is 0 Å². The zero-order valence-electron chi connectivity index (χ0n) is 15.9. The molecule has 2 atom stereocenters. The summed E-state index contributed by atoms with van der Waals surface area (Å²) in [5, 5.41) is 0.332. The molecule has 3 rings (SSSR count). The molecule has 7 nitrogen and oxygen atoms in total. The third kappa shape index (κ3) is 3.29. The van der Waals surface area contributed by atoms with Gasteiger partial charge in [0.1, 0.15) is 0 Å². The molecule has 144 valence electrons. The number of carbonyl (C=O) groups excluding carboxylic acids is 2. The van der Waals surface area contributed by atoms with E-state index in [2.05, 4.69) is 4.99 Å². The van der Waals surface area contributed by atoms with Crippen molar-refractivity contribution in [2.45, 2.75) is 32.1 Å². The van der Waals surface area contributed by atoms with Gasteiger partial charge < -0.3 is 14.2 Å². The Morgan fingerprint density at radius 1 is 1.26 bits per heavy atom. The summed E-state index contributed by atoms with van der Waals surface area (Å²) in [5.41, 5.74) is 1.63. The van der Waals surface area contributed by atoms with E-state index in [4.69, 9.17) is 14.2 Å². The van der Waals surface area contributed by atoms with Crippen molar-refractivity contribution in [3.63, 3.8) is 0 Å². The summed E-state index contributed by atoms with van der Waals surface area (Å²) < 4.78 is 16.0. The molecule has 1 fully saturated rings. The number of methoxy groups -OCH3 is 2. The number of esters is 1. The molecule has 0 aromatic heterocycles. The first-order valence-corrected chi connectivity index (χ1v) is 9.49. The minimum Gasteiger partial charge on any atom is -0.493 e. The number of fused-ring (bicyclic) bond motifs is 1. The number of aliphatic imine (C=N–C) groups is 1. The van der Waals surface area contributed by atoms with Crippen molar-refractivity contribution in [1.29, 1.82) is 0 Å². The lowest BCUT2D eigenvalue weighted by Gasteiger charge is -2.33. The molecule has 0 spiro atoms. The number of allylic oxidation sites excluding steroid dienone is 1. The van der Waals surface area contributed by atoms with Crippen LogP contribution < -0.4 is 9.47 Å². The smallest absolute Gasteiger partial charge is 0.338 e. The highest BCUT2D eigenvalue weighted by molar-refractivity contribution is 8.15. The maximum absolute atomic E-state index is 12.8. The van der Waals surface area contributed by atoms with E-state index in [9.17, 15) is 9.59 Å². The van der Waals surface area contributed by atoms with Crippen molar-refractivity contribution < 1.29 is 23.8 Å². The maximum Gasteiger partial charge on any atom is 0.338 e. The number of hydrogen-bond donors (Lipinski definition) is 0. The van der Waals surface area contributed by atoms with Crippen LogP contribution in [0.3, 0.4) is 0 Å². The quantitative estimate of drug-likeness (QED) is 0.720. The number of nitrogens with zero attached hydrogens (tertiary/aromatic N) is 2. The lowest BCUT2D eigenvalue weighted by molar-refractivity contribution is -0.139. The average molecular weight is 390 g/mol. The summed E-state index contributed by atoms with van der Waals surface area (Å²) in [5.74, 6) is 0.523. The Hall–Kier alpha value is -2.48. The summed E-state index contributed by atoms with van der Waals surface area (Å²) in [6.45, 7) is 5.58. The van der Waals surface area contributed by atoms with Gasteiger partial charge in [0, 0.05) is 0 Å². The Labute approximate surface area is 162 Å². The average Bonchev–Trinajstić information content (AvgIpc) is 2.93. The second-order valence-electron chi connectivity index (χ2n) is 6.10. The highest BCUT2D eigenvalue weighted by Gasteiger charge is 2.46. The van der Waals surface area contributed by atoms with E-state index in [1.807, 2.05) is 13.0 Å². The number of benzene rings is 1. The van der Waals surface area contributed by atoms with Gasteiger partial charge in [0.2, 0.25) is 5.91 Å². The lowest BCUT2D eigenvalue weighted by Crippen LogP contribution is -2.40.